The highest BCUT2D eigenvalue weighted by atomic mass is 19.4. The molecule has 0 unspecified atom stereocenters. The third-order valence-corrected chi connectivity index (χ3v) is 19.6. The van der Waals surface area contributed by atoms with E-state index in [-0.39, 0.29) is 28.1 Å². The van der Waals surface area contributed by atoms with Crippen LogP contribution in [0.4, 0.5) is 39.5 Å². The average Bonchev–Trinajstić information content (AvgIpc) is 1.53. The Kier molecular flexibility index (Phi) is 14.7. The van der Waals surface area contributed by atoms with Crippen LogP contribution in [0.3, 0.4) is 0 Å². The van der Waals surface area contributed by atoms with Gasteiger partial charge in [0.1, 0.15) is 17.2 Å². The molecule has 16 rings (SSSR count). The van der Waals surface area contributed by atoms with Crippen molar-refractivity contribution in [1.82, 2.24) is 18.3 Å². The second-order valence-corrected chi connectivity index (χ2v) is 25.6. The summed E-state index contributed by atoms with van der Waals surface area (Å²) in [5.74, 6) is 0. The van der Waals surface area contributed by atoms with E-state index in [1.54, 1.807) is 75.9 Å². The van der Waals surface area contributed by atoms with Crippen LogP contribution < -0.4 is 0 Å². The van der Waals surface area contributed by atoms with Crippen molar-refractivity contribution in [2.24, 2.45) is 0 Å². The summed E-state index contributed by atoms with van der Waals surface area (Å²) >= 11 is 0. The number of nitriles is 1. The maximum atomic E-state index is 16.0. The molecule has 4 aromatic heterocycles. The molecule has 0 N–H and O–H groups in total. The maximum Gasteiger partial charge on any atom is 0.420 e. The lowest BCUT2D eigenvalue weighted by Crippen LogP contribution is -2.16. The summed E-state index contributed by atoms with van der Waals surface area (Å²) in [6.07, 6.45) is -14.2. The van der Waals surface area contributed by atoms with Crippen molar-refractivity contribution >= 4 is 87.2 Å². The molecule has 0 aliphatic carbocycles. The van der Waals surface area contributed by atoms with Crippen molar-refractivity contribution in [2.75, 3.05) is 0 Å². The smallest absolute Gasteiger partial charge is 0.309 e. The first-order chi connectivity index (χ1) is 46.9. The van der Waals surface area contributed by atoms with Crippen molar-refractivity contribution in [3.05, 3.63) is 285 Å². The lowest BCUT2D eigenvalue weighted by atomic mass is 9.95. The summed E-state index contributed by atoms with van der Waals surface area (Å²) in [4.78, 5) is 0. The topological polar surface area (TPSA) is 43.5 Å². The zero-order valence-corrected chi connectivity index (χ0v) is 54.4. The minimum Gasteiger partial charge on any atom is -0.309 e. The SMILES string of the molecule is Cc1cccc2c1c1c(C)cccc1n2-c1cc(-c2ccccc2C(F)(F)F)cc(-n2c3cccc(C)c3c3c(C)cccc32)c1C#N.Cc1cccc2c1c1c(C)cccc1n2-c1cc(-c2ccccc2C(F)(F)F)cc(-n2c3cccc(C)c3c3c(C)cccc32)c1C(F)(F)F. The number of aromatic nitrogens is 4. The first-order valence-corrected chi connectivity index (χ1v) is 32.0. The second kappa shape index (κ2) is 22.9. The van der Waals surface area contributed by atoms with Crippen LogP contribution in [0, 0.1) is 66.7 Å². The van der Waals surface area contributed by atoms with Crippen LogP contribution in [0.15, 0.2) is 218 Å². The molecule has 14 heteroatoms. The maximum absolute atomic E-state index is 16.0. The van der Waals surface area contributed by atoms with Gasteiger partial charge in [-0.3, -0.25) is 0 Å². The van der Waals surface area contributed by atoms with Crippen molar-refractivity contribution in [2.45, 2.75) is 73.9 Å². The van der Waals surface area contributed by atoms with Gasteiger partial charge in [-0.15, -0.1) is 0 Å². The van der Waals surface area contributed by atoms with Crippen LogP contribution in [0.1, 0.15) is 66.8 Å². The van der Waals surface area contributed by atoms with E-state index in [4.69, 9.17) is 0 Å². The molecule has 0 amide bonds. The number of hydrogen-bond acceptors (Lipinski definition) is 1. The van der Waals surface area contributed by atoms with Crippen LogP contribution in [0.2, 0.25) is 0 Å². The Morgan fingerprint density at radius 3 is 0.694 bits per heavy atom. The van der Waals surface area contributed by atoms with Crippen LogP contribution >= 0.6 is 0 Å². The summed E-state index contributed by atoms with van der Waals surface area (Å²) in [6.45, 7) is 15.9. The van der Waals surface area contributed by atoms with E-state index >= 15 is 13.2 Å². The molecular weight excluding hydrogens is 1250 g/mol. The first kappa shape index (κ1) is 62.8. The number of benzene rings is 12. The number of alkyl halides is 9. The number of rotatable bonds is 6. The molecule has 4 heterocycles. The molecule has 484 valence electrons. The quantitative estimate of drug-likeness (QED) is 0.153. The van der Waals surface area contributed by atoms with Gasteiger partial charge in [-0.25, -0.2) is 0 Å². The zero-order valence-electron chi connectivity index (χ0n) is 54.4. The van der Waals surface area contributed by atoms with E-state index in [1.807, 2.05) is 100 Å². The summed E-state index contributed by atoms with van der Waals surface area (Å²) in [5, 5.41) is 18.5. The fourth-order valence-corrected chi connectivity index (χ4v) is 15.5. The number of fused-ring (bicyclic) bond motifs is 12. The van der Waals surface area contributed by atoms with Gasteiger partial charge in [0.2, 0.25) is 0 Å². The molecule has 16 aromatic rings. The van der Waals surface area contributed by atoms with Gasteiger partial charge in [-0.1, -0.05) is 133 Å². The first-order valence-electron chi connectivity index (χ1n) is 32.0. The molecule has 0 aliphatic rings. The monoisotopic (exact) mass is 1310 g/mol. The van der Waals surface area contributed by atoms with Crippen molar-refractivity contribution in [3.8, 4) is 51.1 Å². The Bertz CT molecular complexity index is 5540. The number of halogens is 9. The molecule has 0 aliphatic heterocycles. The highest BCUT2D eigenvalue weighted by Gasteiger charge is 2.41. The Hall–Kier alpha value is -11.3. The minimum atomic E-state index is -4.92. The van der Waals surface area contributed by atoms with E-state index in [9.17, 15) is 31.6 Å². The van der Waals surface area contributed by atoms with Gasteiger partial charge in [-0.2, -0.15) is 44.8 Å². The zero-order chi connectivity index (χ0) is 68.8. The molecule has 0 bridgehead atoms. The largest absolute Gasteiger partial charge is 0.420 e. The van der Waals surface area contributed by atoms with E-state index in [0.29, 0.717) is 44.6 Å². The third kappa shape index (κ3) is 9.75. The van der Waals surface area contributed by atoms with Gasteiger partial charge in [0.25, 0.3) is 0 Å². The highest BCUT2D eigenvalue weighted by molar-refractivity contribution is 6.16. The van der Waals surface area contributed by atoms with Gasteiger partial charge >= 0.3 is 18.5 Å². The van der Waals surface area contributed by atoms with Gasteiger partial charge in [-0.05, 0) is 207 Å². The van der Waals surface area contributed by atoms with Crippen molar-refractivity contribution < 1.29 is 39.5 Å². The summed E-state index contributed by atoms with van der Waals surface area (Å²) in [7, 11) is 0. The average molecular weight is 1310 g/mol. The number of aryl methyl sites for hydroxylation is 8. The molecule has 0 atom stereocenters. The number of nitrogens with zero attached hydrogens (tertiary/aromatic N) is 5. The standard InChI is InChI=1S/C42H30F6N2.C42H30F3N3/c1-23-11-7-17-30-36(23)37-24(2)12-8-18-31(37)49(30)34-21-27(28-15-5-6-16-29(28)41(43,44)45)22-35(40(34)42(46,47)48)50-32-19-9-13-25(3)38(32)39-26(4)14-10-20-33(39)50;1-24-11-7-17-32-38(24)39-25(2)12-8-18-33(39)47(32)36-21-28(29-15-5-6-16-31(29)42(43,44)45)22-37(30(36)23-46)48-34-19-9-13-26(3)40(34)41-27(4)14-10-20-35(41)48/h5-22H,1-4H3;5-22H,1-4H3. The molecule has 0 fully saturated rings. The van der Waals surface area contributed by atoms with Crippen LogP contribution in [-0.4, -0.2) is 18.3 Å². The molecule has 0 saturated heterocycles. The second-order valence-electron chi connectivity index (χ2n) is 25.6. The Morgan fingerprint density at radius 1 is 0.265 bits per heavy atom. The highest BCUT2D eigenvalue weighted by Crippen LogP contribution is 2.50. The predicted molar refractivity (Wildman–Crippen MR) is 379 cm³/mol. The molecule has 0 radical (unpaired) electrons. The Morgan fingerprint density at radius 2 is 0.480 bits per heavy atom. The van der Waals surface area contributed by atoms with E-state index in [2.05, 4.69) is 67.2 Å². The number of hydrogen-bond donors (Lipinski definition) is 0. The van der Waals surface area contributed by atoms with Crippen LogP contribution in [0.25, 0.3) is 132 Å². The molecule has 12 aromatic carbocycles. The minimum absolute atomic E-state index is 0.0153. The van der Waals surface area contributed by atoms with Gasteiger partial charge < -0.3 is 18.3 Å². The van der Waals surface area contributed by atoms with Crippen LogP contribution in [0.5, 0.6) is 0 Å². The van der Waals surface area contributed by atoms with E-state index in [0.717, 1.165) is 122 Å². The summed E-state index contributed by atoms with van der Waals surface area (Å²) in [6, 6.07) is 65.4. The Balaban J connectivity index is 0.000000160. The molecule has 0 saturated carbocycles. The van der Waals surface area contributed by atoms with E-state index < -0.39 is 35.2 Å². The lowest BCUT2D eigenvalue weighted by Gasteiger charge is -2.24. The molecule has 98 heavy (non-hydrogen) atoms. The van der Waals surface area contributed by atoms with Crippen molar-refractivity contribution in [3.63, 3.8) is 0 Å². The van der Waals surface area contributed by atoms with Crippen molar-refractivity contribution in [1.29, 1.82) is 5.26 Å². The third-order valence-electron chi connectivity index (χ3n) is 19.6. The summed E-state index contributed by atoms with van der Waals surface area (Å²) in [5.41, 5.74) is 12.0. The predicted octanol–water partition coefficient (Wildman–Crippen LogP) is 24.5. The van der Waals surface area contributed by atoms with Gasteiger partial charge in [0.15, 0.2) is 0 Å². The lowest BCUT2D eigenvalue weighted by molar-refractivity contribution is -0.138. The molecule has 0 spiro atoms. The van der Waals surface area contributed by atoms with E-state index in [1.165, 1.54) is 42.5 Å². The fourth-order valence-electron chi connectivity index (χ4n) is 15.5. The fraction of sp³-hybridized carbons (Fsp3) is 0.131. The normalized spacial score (nSPS) is 12.3. The van der Waals surface area contributed by atoms with Gasteiger partial charge in [0, 0.05) is 43.1 Å². The summed E-state index contributed by atoms with van der Waals surface area (Å²) < 4.78 is 143. The molecular formula is C84H60F9N5. The van der Waals surface area contributed by atoms with Gasteiger partial charge in [0.05, 0.1) is 78.0 Å². The Labute approximate surface area is 557 Å². The van der Waals surface area contributed by atoms with Crippen LogP contribution in [-0.2, 0) is 18.5 Å². The molecule has 5 nitrogen and oxygen atoms in total.